The van der Waals surface area contributed by atoms with E-state index in [1.165, 1.54) is 53.1 Å². The number of hydrogen-bond donors (Lipinski definition) is 3. The molecule has 0 aliphatic heterocycles. The highest BCUT2D eigenvalue weighted by Crippen LogP contribution is 2.42. The SMILES string of the molecule is C=CC1CC1.CNCC(C)C.CNc1sc2c(c1C(C)CO)CC(C)CC2.CSC. The molecule has 2 aliphatic carbocycles. The third kappa shape index (κ3) is 11.8. The van der Waals surface area contributed by atoms with Crippen molar-refractivity contribution in [2.75, 3.05) is 45.1 Å². The van der Waals surface area contributed by atoms with E-state index in [0.717, 1.165) is 24.3 Å². The number of anilines is 1. The quantitative estimate of drug-likeness (QED) is 0.431. The Bertz CT molecular complexity index is 568. The second-order valence-corrected chi connectivity index (χ2v) is 10.8. The molecule has 0 saturated heterocycles. The van der Waals surface area contributed by atoms with Crippen molar-refractivity contribution in [3.8, 4) is 0 Å². The van der Waals surface area contributed by atoms with Gasteiger partial charge in [-0.3, -0.25) is 0 Å². The van der Waals surface area contributed by atoms with E-state index < -0.39 is 0 Å². The zero-order valence-electron chi connectivity index (χ0n) is 20.8. The Balaban J connectivity index is 0.000000492. The molecule has 3 rings (SSSR count). The number of aryl methyl sites for hydroxylation is 1. The van der Waals surface area contributed by atoms with Crippen molar-refractivity contribution in [2.24, 2.45) is 17.8 Å². The van der Waals surface area contributed by atoms with E-state index >= 15 is 0 Å². The fourth-order valence-corrected chi connectivity index (χ4v) is 4.64. The minimum Gasteiger partial charge on any atom is -0.396 e. The van der Waals surface area contributed by atoms with Crippen LogP contribution >= 0.6 is 23.1 Å². The van der Waals surface area contributed by atoms with Crippen molar-refractivity contribution in [3.05, 3.63) is 28.7 Å². The molecule has 0 spiro atoms. The molecule has 2 aliphatic rings. The van der Waals surface area contributed by atoms with Crippen LogP contribution in [0.3, 0.4) is 0 Å². The van der Waals surface area contributed by atoms with Gasteiger partial charge < -0.3 is 15.7 Å². The average molecular weight is 457 g/mol. The van der Waals surface area contributed by atoms with Crippen LogP contribution < -0.4 is 10.6 Å². The largest absolute Gasteiger partial charge is 0.396 e. The zero-order chi connectivity index (χ0) is 23.1. The van der Waals surface area contributed by atoms with E-state index in [0.29, 0.717) is 0 Å². The lowest BCUT2D eigenvalue weighted by Gasteiger charge is -2.21. The van der Waals surface area contributed by atoms with Crippen LogP contribution in [-0.2, 0) is 12.8 Å². The molecule has 30 heavy (non-hydrogen) atoms. The zero-order valence-corrected chi connectivity index (χ0v) is 22.4. The molecule has 3 N–H and O–H groups in total. The number of hydrogen-bond acceptors (Lipinski definition) is 5. The fourth-order valence-electron chi connectivity index (χ4n) is 3.32. The highest BCUT2D eigenvalue weighted by molar-refractivity contribution is 7.97. The van der Waals surface area contributed by atoms with Gasteiger partial charge in [-0.25, -0.2) is 0 Å². The average Bonchev–Trinajstić information content (AvgIpc) is 3.48. The summed E-state index contributed by atoms with van der Waals surface area (Å²) in [6.07, 6.45) is 12.6. The summed E-state index contributed by atoms with van der Waals surface area (Å²) in [7, 11) is 3.95. The molecule has 0 radical (unpaired) electrons. The van der Waals surface area contributed by atoms with Gasteiger partial charge in [0.05, 0.1) is 5.00 Å². The summed E-state index contributed by atoms with van der Waals surface area (Å²) in [6.45, 7) is 13.8. The normalized spacial score (nSPS) is 17.9. The predicted molar refractivity (Wildman–Crippen MR) is 142 cm³/mol. The number of allylic oxidation sites excluding steroid dienone is 1. The lowest BCUT2D eigenvalue weighted by molar-refractivity contribution is 0.272. The number of thiophene rings is 1. The van der Waals surface area contributed by atoms with Crippen molar-refractivity contribution in [3.63, 3.8) is 0 Å². The van der Waals surface area contributed by atoms with Gasteiger partial charge in [-0.1, -0.05) is 33.8 Å². The van der Waals surface area contributed by atoms with Gasteiger partial charge in [-0.05, 0) is 87.1 Å². The Morgan fingerprint density at radius 1 is 1.20 bits per heavy atom. The molecular formula is C25H48N2OS2. The van der Waals surface area contributed by atoms with E-state index in [1.807, 2.05) is 44.0 Å². The smallest absolute Gasteiger partial charge is 0.0921 e. The van der Waals surface area contributed by atoms with Crippen molar-refractivity contribution in [2.45, 2.75) is 65.7 Å². The number of fused-ring (bicyclic) bond motifs is 1. The summed E-state index contributed by atoms with van der Waals surface area (Å²) in [5, 5.41) is 17.0. The number of aliphatic hydroxyl groups is 1. The third-order valence-electron chi connectivity index (χ3n) is 5.11. The standard InChI is InChI=1S/C13H21NOS.C5H13N.C5H8.C2H6S/c1-8-4-5-11-10(6-8)12(9(2)7-15)13(14-3)16-11;1-5(2)4-6-3;1-2-5-3-4-5;1-3-2/h8-9,14-15H,4-7H2,1-3H3;5-6H,4H2,1-3H3;2,5H,1,3-4H2;1-2H3. The van der Waals surface area contributed by atoms with E-state index in [4.69, 9.17) is 0 Å². The van der Waals surface area contributed by atoms with Crippen molar-refractivity contribution < 1.29 is 5.11 Å². The molecule has 0 bridgehead atoms. The Morgan fingerprint density at radius 3 is 2.13 bits per heavy atom. The van der Waals surface area contributed by atoms with Crippen LogP contribution in [0.25, 0.3) is 0 Å². The summed E-state index contributed by atoms with van der Waals surface area (Å²) in [4.78, 5) is 1.54. The van der Waals surface area contributed by atoms with Gasteiger partial charge in [0.1, 0.15) is 0 Å². The lowest BCUT2D eigenvalue weighted by Crippen LogP contribution is -2.12. The molecule has 1 aromatic rings. The Kier molecular flexibility index (Phi) is 16.8. The number of aliphatic hydroxyl groups excluding tert-OH is 1. The van der Waals surface area contributed by atoms with Crippen LogP contribution in [0.2, 0.25) is 0 Å². The molecular weight excluding hydrogens is 408 g/mol. The molecule has 5 heteroatoms. The van der Waals surface area contributed by atoms with Crippen LogP contribution in [0.4, 0.5) is 5.00 Å². The molecule has 0 amide bonds. The summed E-state index contributed by atoms with van der Waals surface area (Å²) in [5.74, 6) is 2.73. The number of thioether (sulfide) groups is 1. The van der Waals surface area contributed by atoms with Crippen molar-refractivity contribution >= 4 is 28.1 Å². The van der Waals surface area contributed by atoms with E-state index in [-0.39, 0.29) is 12.5 Å². The first-order valence-electron chi connectivity index (χ1n) is 11.4. The second-order valence-electron chi connectivity index (χ2n) is 8.86. The molecule has 0 aromatic carbocycles. The minimum absolute atomic E-state index is 0.242. The van der Waals surface area contributed by atoms with Crippen LogP contribution in [0.15, 0.2) is 12.7 Å². The van der Waals surface area contributed by atoms with Crippen molar-refractivity contribution in [1.29, 1.82) is 0 Å². The highest BCUT2D eigenvalue weighted by Gasteiger charge is 2.25. The predicted octanol–water partition coefficient (Wildman–Crippen LogP) is 6.43. The van der Waals surface area contributed by atoms with Gasteiger partial charge in [-0.15, -0.1) is 17.9 Å². The van der Waals surface area contributed by atoms with Gasteiger partial charge in [0.15, 0.2) is 0 Å². The maximum atomic E-state index is 9.37. The first kappa shape index (κ1) is 29.5. The van der Waals surface area contributed by atoms with Gasteiger partial charge >= 0.3 is 0 Å². The van der Waals surface area contributed by atoms with Crippen LogP contribution in [-0.4, -0.2) is 44.9 Å². The summed E-state index contributed by atoms with van der Waals surface area (Å²) in [5.41, 5.74) is 2.89. The van der Waals surface area contributed by atoms with Crippen LogP contribution in [0.5, 0.6) is 0 Å². The monoisotopic (exact) mass is 456 g/mol. The Morgan fingerprint density at radius 2 is 1.80 bits per heavy atom. The lowest BCUT2D eigenvalue weighted by atomic mass is 9.85. The van der Waals surface area contributed by atoms with Gasteiger partial charge in [0.2, 0.25) is 0 Å². The Labute approximate surface area is 195 Å². The van der Waals surface area contributed by atoms with E-state index in [1.54, 1.807) is 11.8 Å². The van der Waals surface area contributed by atoms with E-state index in [9.17, 15) is 5.11 Å². The maximum absolute atomic E-state index is 9.37. The first-order valence-corrected chi connectivity index (χ1v) is 13.8. The molecule has 1 fully saturated rings. The Hall–Kier alpha value is -0.490. The molecule has 1 aromatic heterocycles. The summed E-state index contributed by atoms with van der Waals surface area (Å²) < 4.78 is 0. The van der Waals surface area contributed by atoms with Gasteiger partial charge in [-0.2, -0.15) is 11.8 Å². The summed E-state index contributed by atoms with van der Waals surface area (Å²) >= 11 is 3.64. The summed E-state index contributed by atoms with van der Waals surface area (Å²) in [6, 6.07) is 0. The fraction of sp³-hybridized carbons (Fsp3) is 0.760. The number of rotatable bonds is 6. The molecule has 2 unspecified atom stereocenters. The van der Waals surface area contributed by atoms with Gasteiger partial charge in [0.25, 0.3) is 0 Å². The third-order valence-corrected chi connectivity index (χ3v) is 6.43. The molecule has 2 atom stereocenters. The first-order chi connectivity index (χ1) is 14.3. The number of nitrogens with one attached hydrogen (secondary N) is 2. The van der Waals surface area contributed by atoms with Crippen molar-refractivity contribution in [1.82, 2.24) is 5.32 Å². The topological polar surface area (TPSA) is 44.3 Å². The van der Waals surface area contributed by atoms with Crippen LogP contribution in [0, 0.1) is 17.8 Å². The molecule has 1 heterocycles. The van der Waals surface area contributed by atoms with Crippen LogP contribution in [0.1, 0.15) is 68.9 Å². The molecule has 1 saturated carbocycles. The second kappa shape index (κ2) is 17.1. The molecule has 176 valence electrons. The van der Waals surface area contributed by atoms with E-state index in [2.05, 4.69) is 44.9 Å². The van der Waals surface area contributed by atoms with Gasteiger partial charge in [0, 0.05) is 24.4 Å². The maximum Gasteiger partial charge on any atom is 0.0921 e. The minimum atomic E-state index is 0.242. The highest BCUT2D eigenvalue weighted by atomic mass is 32.2. The molecule has 3 nitrogen and oxygen atoms in total.